The second-order valence-electron chi connectivity index (χ2n) is 6.94. The Morgan fingerprint density at radius 1 is 1.09 bits per heavy atom. The molecule has 4 aromatic rings. The van der Waals surface area contributed by atoms with E-state index in [4.69, 9.17) is 9.15 Å². The van der Waals surface area contributed by atoms with E-state index >= 15 is 0 Å². The molecule has 0 unspecified atom stereocenters. The van der Waals surface area contributed by atoms with Crippen LogP contribution in [-0.2, 0) is 11.3 Å². The maximum absolute atomic E-state index is 12.5. The highest BCUT2D eigenvalue weighted by atomic mass is 79.9. The Morgan fingerprint density at radius 3 is 2.53 bits per heavy atom. The van der Waals surface area contributed by atoms with Crippen LogP contribution in [0.2, 0.25) is 0 Å². The van der Waals surface area contributed by atoms with E-state index in [-0.39, 0.29) is 29.9 Å². The first-order chi connectivity index (χ1) is 16.5. The molecule has 2 amide bonds. The van der Waals surface area contributed by atoms with Crippen molar-refractivity contribution in [3.8, 4) is 11.4 Å². The molecule has 0 saturated heterocycles. The van der Waals surface area contributed by atoms with Gasteiger partial charge in [-0.05, 0) is 60.7 Å². The van der Waals surface area contributed by atoms with Crippen LogP contribution >= 0.6 is 27.7 Å². The molecular weight excluding hydrogens is 522 g/mol. The molecule has 4 rings (SSSR count). The maximum atomic E-state index is 12.5. The Balaban J connectivity index is 1.47. The molecular formula is C23H20BrN5O4S. The number of nitrogens with one attached hydrogen (secondary N) is 2. The largest absolute Gasteiger partial charge is 0.497 e. The van der Waals surface area contributed by atoms with Gasteiger partial charge in [0, 0.05) is 15.8 Å². The van der Waals surface area contributed by atoms with Crippen LogP contribution in [0.15, 0.2) is 81.0 Å². The summed E-state index contributed by atoms with van der Waals surface area (Å²) in [4.78, 5) is 24.8. The minimum Gasteiger partial charge on any atom is -0.497 e. The second kappa shape index (κ2) is 11.0. The van der Waals surface area contributed by atoms with Gasteiger partial charge in [-0.3, -0.25) is 14.2 Å². The molecule has 0 saturated carbocycles. The molecule has 2 aromatic heterocycles. The molecule has 0 aliphatic heterocycles. The van der Waals surface area contributed by atoms with Gasteiger partial charge in [0.2, 0.25) is 5.91 Å². The first-order valence-electron chi connectivity index (χ1n) is 10.1. The van der Waals surface area contributed by atoms with Crippen LogP contribution in [-0.4, -0.2) is 39.4 Å². The Bertz CT molecular complexity index is 1260. The topological polar surface area (TPSA) is 111 Å². The highest BCUT2D eigenvalue weighted by Crippen LogP contribution is 2.24. The standard InChI is InChI=1S/C23H20BrN5O4S/c1-32-18-10-6-16(7-11-18)26-21(30)14-34-23-28-27-20(13-25-22(31)19-3-2-12-33-19)29(23)17-8-4-15(24)5-9-17/h2-12H,13-14H2,1H3,(H,25,31)(H,26,30). The summed E-state index contributed by atoms with van der Waals surface area (Å²) in [5.41, 5.74) is 1.47. The summed E-state index contributed by atoms with van der Waals surface area (Å²) in [6, 6.07) is 17.9. The maximum Gasteiger partial charge on any atom is 0.287 e. The van der Waals surface area contributed by atoms with Gasteiger partial charge in [-0.25, -0.2) is 0 Å². The fourth-order valence-electron chi connectivity index (χ4n) is 3.01. The van der Waals surface area contributed by atoms with Crippen molar-refractivity contribution >= 4 is 45.2 Å². The zero-order valence-corrected chi connectivity index (χ0v) is 20.4. The van der Waals surface area contributed by atoms with Gasteiger partial charge in [-0.2, -0.15) is 0 Å². The lowest BCUT2D eigenvalue weighted by Crippen LogP contribution is -2.24. The fraction of sp³-hybridized carbons (Fsp3) is 0.130. The van der Waals surface area contributed by atoms with Gasteiger partial charge in [-0.1, -0.05) is 27.7 Å². The van der Waals surface area contributed by atoms with Gasteiger partial charge in [0.1, 0.15) is 5.75 Å². The van der Waals surface area contributed by atoms with Crippen molar-refractivity contribution in [2.45, 2.75) is 11.7 Å². The Hall–Kier alpha value is -3.57. The molecule has 0 fully saturated rings. The molecule has 0 bridgehead atoms. The van der Waals surface area contributed by atoms with Crippen molar-refractivity contribution in [3.63, 3.8) is 0 Å². The first kappa shape index (κ1) is 23.6. The highest BCUT2D eigenvalue weighted by molar-refractivity contribution is 9.10. The number of hydrogen-bond donors (Lipinski definition) is 2. The van der Waals surface area contributed by atoms with E-state index in [0.717, 1.165) is 10.2 Å². The van der Waals surface area contributed by atoms with Gasteiger partial charge in [0.05, 0.1) is 25.7 Å². The molecule has 2 N–H and O–H groups in total. The fourth-order valence-corrected chi connectivity index (χ4v) is 4.05. The third kappa shape index (κ3) is 5.86. The predicted octanol–water partition coefficient (Wildman–Crippen LogP) is 4.29. The molecule has 174 valence electrons. The number of benzene rings is 2. The van der Waals surface area contributed by atoms with E-state index in [2.05, 4.69) is 36.8 Å². The van der Waals surface area contributed by atoms with E-state index in [0.29, 0.717) is 22.4 Å². The van der Waals surface area contributed by atoms with Crippen molar-refractivity contribution in [3.05, 3.63) is 83.0 Å². The number of hydrogen-bond acceptors (Lipinski definition) is 7. The molecule has 2 heterocycles. The first-order valence-corrected chi connectivity index (χ1v) is 11.9. The van der Waals surface area contributed by atoms with Gasteiger partial charge >= 0.3 is 0 Å². The summed E-state index contributed by atoms with van der Waals surface area (Å²) in [6.45, 7) is 0.126. The van der Waals surface area contributed by atoms with Gasteiger partial charge < -0.3 is 19.8 Å². The third-order valence-electron chi connectivity index (χ3n) is 4.64. The smallest absolute Gasteiger partial charge is 0.287 e. The zero-order valence-electron chi connectivity index (χ0n) is 18.0. The number of ether oxygens (including phenoxy) is 1. The summed E-state index contributed by atoms with van der Waals surface area (Å²) < 4.78 is 13.0. The number of anilines is 1. The zero-order chi connectivity index (χ0) is 23.9. The molecule has 9 nitrogen and oxygen atoms in total. The van der Waals surface area contributed by atoms with Crippen molar-refractivity contribution in [1.29, 1.82) is 0 Å². The van der Waals surface area contributed by atoms with Crippen molar-refractivity contribution < 1.29 is 18.7 Å². The van der Waals surface area contributed by atoms with Crippen LogP contribution in [0.1, 0.15) is 16.4 Å². The number of aromatic nitrogens is 3. The van der Waals surface area contributed by atoms with Crippen LogP contribution in [0.5, 0.6) is 5.75 Å². The minimum atomic E-state index is -0.358. The number of methoxy groups -OCH3 is 1. The lowest BCUT2D eigenvalue weighted by molar-refractivity contribution is -0.113. The number of furan rings is 1. The number of rotatable bonds is 9. The monoisotopic (exact) mass is 541 g/mol. The quantitative estimate of drug-likeness (QED) is 0.304. The van der Waals surface area contributed by atoms with Crippen molar-refractivity contribution in [1.82, 2.24) is 20.1 Å². The Labute approximate surface area is 208 Å². The molecule has 0 atom stereocenters. The molecule has 0 radical (unpaired) electrons. The summed E-state index contributed by atoms with van der Waals surface area (Å²) in [5.74, 6) is 1.01. The number of thioether (sulfide) groups is 1. The van der Waals surface area contributed by atoms with Gasteiger partial charge in [-0.15, -0.1) is 10.2 Å². The molecule has 0 spiro atoms. The van der Waals surface area contributed by atoms with Crippen LogP contribution in [0.4, 0.5) is 5.69 Å². The summed E-state index contributed by atoms with van der Waals surface area (Å²) in [6.07, 6.45) is 1.44. The van der Waals surface area contributed by atoms with Crippen LogP contribution in [0, 0.1) is 0 Å². The molecule has 2 aromatic carbocycles. The predicted molar refractivity (Wildman–Crippen MR) is 131 cm³/mol. The minimum absolute atomic E-state index is 0.124. The van der Waals surface area contributed by atoms with Crippen LogP contribution in [0.3, 0.4) is 0 Å². The average Bonchev–Trinajstić information content (AvgIpc) is 3.53. The normalized spacial score (nSPS) is 10.6. The number of amides is 2. The van der Waals surface area contributed by atoms with E-state index in [9.17, 15) is 9.59 Å². The summed E-state index contributed by atoms with van der Waals surface area (Å²) >= 11 is 4.68. The number of carbonyl (C=O) groups excluding carboxylic acids is 2. The third-order valence-corrected chi connectivity index (χ3v) is 6.10. The Morgan fingerprint density at radius 2 is 1.85 bits per heavy atom. The second-order valence-corrected chi connectivity index (χ2v) is 8.79. The van der Waals surface area contributed by atoms with Crippen molar-refractivity contribution in [2.24, 2.45) is 0 Å². The molecule has 0 aliphatic carbocycles. The lowest BCUT2D eigenvalue weighted by atomic mass is 10.3. The number of halogens is 1. The SMILES string of the molecule is COc1ccc(NC(=O)CSc2nnc(CNC(=O)c3ccco3)n2-c2ccc(Br)cc2)cc1. The van der Waals surface area contributed by atoms with Crippen LogP contribution in [0.25, 0.3) is 5.69 Å². The molecule has 34 heavy (non-hydrogen) atoms. The Kier molecular flexibility index (Phi) is 7.65. The molecule has 11 heteroatoms. The summed E-state index contributed by atoms with van der Waals surface area (Å²) in [7, 11) is 1.59. The number of carbonyl (C=O) groups is 2. The van der Waals surface area contributed by atoms with E-state index < -0.39 is 0 Å². The molecule has 0 aliphatic rings. The van der Waals surface area contributed by atoms with E-state index in [1.54, 1.807) is 48.1 Å². The summed E-state index contributed by atoms with van der Waals surface area (Å²) in [5, 5.41) is 14.6. The number of nitrogens with zero attached hydrogens (tertiary/aromatic N) is 3. The van der Waals surface area contributed by atoms with Gasteiger partial charge in [0.25, 0.3) is 5.91 Å². The van der Waals surface area contributed by atoms with Crippen molar-refractivity contribution in [2.75, 3.05) is 18.2 Å². The van der Waals surface area contributed by atoms with E-state index in [1.165, 1.54) is 18.0 Å². The van der Waals surface area contributed by atoms with Crippen LogP contribution < -0.4 is 15.4 Å². The van der Waals surface area contributed by atoms with Gasteiger partial charge in [0.15, 0.2) is 16.7 Å². The van der Waals surface area contributed by atoms with E-state index in [1.807, 2.05) is 24.3 Å². The lowest BCUT2D eigenvalue weighted by Gasteiger charge is -2.11. The highest BCUT2D eigenvalue weighted by Gasteiger charge is 2.18. The average molecular weight is 542 g/mol.